The predicted octanol–water partition coefficient (Wildman–Crippen LogP) is 3.73. The lowest BCUT2D eigenvalue weighted by Crippen LogP contribution is -2.32. The lowest BCUT2D eigenvalue weighted by atomic mass is 10.1. The molecule has 0 fully saturated rings. The summed E-state index contributed by atoms with van der Waals surface area (Å²) in [6, 6.07) is 14.1. The van der Waals surface area contributed by atoms with E-state index in [9.17, 15) is 4.79 Å². The topological polar surface area (TPSA) is 46.1 Å². The van der Waals surface area contributed by atoms with Crippen LogP contribution in [0.15, 0.2) is 60.2 Å². The first-order valence-corrected chi connectivity index (χ1v) is 8.74. The van der Waals surface area contributed by atoms with E-state index in [-0.39, 0.29) is 5.91 Å². The third kappa shape index (κ3) is 4.26. The van der Waals surface area contributed by atoms with Gasteiger partial charge in [0.15, 0.2) is 0 Å². The van der Waals surface area contributed by atoms with E-state index < -0.39 is 0 Å². The van der Waals surface area contributed by atoms with Crippen LogP contribution in [0.1, 0.15) is 26.6 Å². The van der Waals surface area contributed by atoms with E-state index in [0.717, 1.165) is 17.0 Å². The van der Waals surface area contributed by atoms with Crippen LogP contribution in [-0.4, -0.2) is 27.3 Å². The summed E-state index contributed by atoms with van der Waals surface area (Å²) in [7, 11) is 0. The molecule has 2 aromatic heterocycles. The van der Waals surface area contributed by atoms with Gasteiger partial charge in [-0.15, -0.1) is 11.3 Å². The molecular weight excluding hydrogens is 318 g/mol. The van der Waals surface area contributed by atoms with E-state index in [1.165, 1.54) is 16.9 Å². The van der Waals surface area contributed by atoms with Crippen molar-refractivity contribution in [2.24, 2.45) is 0 Å². The predicted molar refractivity (Wildman–Crippen MR) is 96.0 cm³/mol. The molecule has 1 amide bonds. The molecule has 3 rings (SSSR count). The van der Waals surface area contributed by atoms with Crippen molar-refractivity contribution in [1.82, 2.24) is 14.9 Å². The first-order chi connectivity index (χ1) is 11.7. The zero-order valence-electron chi connectivity index (χ0n) is 13.6. The summed E-state index contributed by atoms with van der Waals surface area (Å²) < 4.78 is 0. The standard InChI is InChI=1S/C19H19N3OS/c1-15-21-18(14-24-15)19(23)22(13-17-8-5-10-20-12-17)11-9-16-6-3-2-4-7-16/h2-8,10,12,14H,9,11,13H2,1H3. The summed E-state index contributed by atoms with van der Waals surface area (Å²) in [4.78, 5) is 23.2. The number of carbonyl (C=O) groups excluding carboxylic acids is 1. The molecule has 0 unspecified atom stereocenters. The van der Waals surface area contributed by atoms with Gasteiger partial charge in [0, 0.05) is 30.9 Å². The number of thiazole rings is 1. The maximum absolute atomic E-state index is 12.8. The van der Waals surface area contributed by atoms with E-state index in [1.807, 2.05) is 47.5 Å². The zero-order valence-corrected chi connectivity index (χ0v) is 14.4. The van der Waals surface area contributed by atoms with Crippen molar-refractivity contribution < 1.29 is 4.79 Å². The number of aromatic nitrogens is 2. The molecule has 0 N–H and O–H groups in total. The summed E-state index contributed by atoms with van der Waals surface area (Å²) in [5.41, 5.74) is 2.76. The molecule has 0 aliphatic carbocycles. The van der Waals surface area contributed by atoms with Crippen molar-refractivity contribution >= 4 is 17.2 Å². The number of carbonyl (C=O) groups is 1. The molecule has 3 aromatic rings. The van der Waals surface area contributed by atoms with Gasteiger partial charge in [0.1, 0.15) is 5.69 Å². The van der Waals surface area contributed by atoms with E-state index >= 15 is 0 Å². The Bertz CT molecular complexity index is 787. The van der Waals surface area contributed by atoms with Crippen LogP contribution in [-0.2, 0) is 13.0 Å². The minimum atomic E-state index is -0.0286. The smallest absolute Gasteiger partial charge is 0.273 e. The number of hydrogen-bond donors (Lipinski definition) is 0. The van der Waals surface area contributed by atoms with Gasteiger partial charge in [-0.05, 0) is 30.5 Å². The van der Waals surface area contributed by atoms with Gasteiger partial charge >= 0.3 is 0 Å². The van der Waals surface area contributed by atoms with Gasteiger partial charge in [-0.2, -0.15) is 0 Å². The van der Waals surface area contributed by atoms with Gasteiger partial charge in [0.05, 0.1) is 5.01 Å². The third-order valence-electron chi connectivity index (χ3n) is 3.73. The van der Waals surface area contributed by atoms with E-state index in [4.69, 9.17) is 0 Å². The van der Waals surface area contributed by atoms with Crippen LogP contribution in [0.3, 0.4) is 0 Å². The largest absolute Gasteiger partial charge is 0.333 e. The SMILES string of the molecule is Cc1nc(C(=O)N(CCc2ccccc2)Cc2cccnc2)cs1. The average Bonchev–Trinajstić information content (AvgIpc) is 3.06. The molecule has 24 heavy (non-hydrogen) atoms. The van der Waals surface area contributed by atoms with Crippen molar-refractivity contribution in [2.75, 3.05) is 6.54 Å². The molecule has 4 nitrogen and oxygen atoms in total. The quantitative estimate of drug-likeness (QED) is 0.688. The van der Waals surface area contributed by atoms with Crippen LogP contribution < -0.4 is 0 Å². The van der Waals surface area contributed by atoms with Crippen molar-refractivity contribution in [1.29, 1.82) is 0 Å². The number of aryl methyl sites for hydroxylation is 1. The Morgan fingerprint density at radius 1 is 1.12 bits per heavy atom. The highest BCUT2D eigenvalue weighted by atomic mass is 32.1. The fourth-order valence-electron chi connectivity index (χ4n) is 2.50. The molecule has 0 saturated carbocycles. The molecule has 5 heteroatoms. The van der Waals surface area contributed by atoms with Gasteiger partial charge in [0.25, 0.3) is 5.91 Å². The number of benzene rings is 1. The van der Waals surface area contributed by atoms with E-state index in [0.29, 0.717) is 18.8 Å². The Kier molecular flexibility index (Phi) is 5.33. The Balaban J connectivity index is 1.76. The molecule has 0 atom stereocenters. The summed E-state index contributed by atoms with van der Waals surface area (Å²) in [5, 5.41) is 2.74. The zero-order chi connectivity index (χ0) is 16.8. The van der Waals surface area contributed by atoms with Crippen molar-refractivity contribution in [3.63, 3.8) is 0 Å². The number of hydrogen-bond acceptors (Lipinski definition) is 4. The van der Waals surface area contributed by atoms with Crippen LogP contribution >= 0.6 is 11.3 Å². The molecular formula is C19H19N3OS. The minimum Gasteiger partial charge on any atom is -0.333 e. The van der Waals surface area contributed by atoms with Gasteiger partial charge in [-0.25, -0.2) is 4.98 Å². The van der Waals surface area contributed by atoms with Crippen LogP contribution in [0.5, 0.6) is 0 Å². The highest BCUT2D eigenvalue weighted by Gasteiger charge is 2.18. The molecule has 0 aliphatic heterocycles. The second kappa shape index (κ2) is 7.84. The maximum Gasteiger partial charge on any atom is 0.273 e. The summed E-state index contributed by atoms with van der Waals surface area (Å²) in [6.07, 6.45) is 4.36. The normalized spacial score (nSPS) is 10.5. The first kappa shape index (κ1) is 16.3. The van der Waals surface area contributed by atoms with Crippen LogP contribution in [0.25, 0.3) is 0 Å². The first-order valence-electron chi connectivity index (χ1n) is 7.86. The second-order valence-electron chi connectivity index (χ2n) is 5.58. The van der Waals surface area contributed by atoms with Gasteiger partial charge < -0.3 is 4.90 Å². The highest BCUT2D eigenvalue weighted by Crippen LogP contribution is 2.14. The van der Waals surface area contributed by atoms with Crippen LogP contribution in [0, 0.1) is 6.92 Å². The average molecular weight is 337 g/mol. The Labute approximate surface area is 145 Å². The molecule has 0 aliphatic rings. The Morgan fingerprint density at radius 3 is 2.58 bits per heavy atom. The molecule has 122 valence electrons. The minimum absolute atomic E-state index is 0.0286. The molecule has 2 heterocycles. The Hall–Kier alpha value is -2.53. The second-order valence-corrected chi connectivity index (χ2v) is 6.64. The lowest BCUT2D eigenvalue weighted by Gasteiger charge is -2.22. The van der Waals surface area contributed by atoms with E-state index in [2.05, 4.69) is 22.1 Å². The monoisotopic (exact) mass is 337 g/mol. The van der Waals surface area contributed by atoms with Gasteiger partial charge in [-0.3, -0.25) is 9.78 Å². The number of nitrogens with zero attached hydrogens (tertiary/aromatic N) is 3. The molecule has 0 saturated heterocycles. The number of rotatable bonds is 6. The third-order valence-corrected chi connectivity index (χ3v) is 4.51. The maximum atomic E-state index is 12.8. The van der Waals surface area contributed by atoms with Crippen LogP contribution in [0.4, 0.5) is 0 Å². The van der Waals surface area contributed by atoms with E-state index in [1.54, 1.807) is 12.4 Å². The fraction of sp³-hybridized carbons (Fsp3) is 0.211. The fourth-order valence-corrected chi connectivity index (χ4v) is 3.08. The molecule has 1 aromatic carbocycles. The summed E-state index contributed by atoms with van der Waals surface area (Å²) in [6.45, 7) is 3.10. The van der Waals surface area contributed by atoms with Crippen LogP contribution in [0.2, 0.25) is 0 Å². The number of pyridine rings is 1. The van der Waals surface area contributed by atoms with Crippen molar-refractivity contribution in [2.45, 2.75) is 19.9 Å². The van der Waals surface area contributed by atoms with Gasteiger partial charge in [-0.1, -0.05) is 36.4 Å². The highest BCUT2D eigenvalue weighted by molar-refractivity contribution is 7.09. The lowest BCUT2D eigenvalue weighted by molar-refractivity contribution is 0.0739. The van der Waals surface area contributed by atoms with Crippen molar-refractivity contribution in [3.8, 4) is 0 Å². The van der Waals surface area contributed by atoms with Gasteiger partial charge in [0.2, 0.25) is 0 Å². The summed E-state index contributed by atoms with van der Waals surface area (Å²) >= 11 is 1.50. The summed E-state index contributed by atoms with van der Waals surface area (Å²) in [5.74, 6) is -0.0286. The molecule has 0 radical (unpaired) electrons. The van der Waals surface area contributed by atoms with Crippen molar-refractivity contribution in [3.05, 3.63) is 82.1 Å². The molecule has 0 spiro atoms. The molecule has 0 bridgehead atoms. The Morgan fingerprint density at radius 2 is 1.92 bits per heavy atom. The number of amides is 1.